The summed E-state index contributed by atoms with van der Waals surface area (Å²) >= 11 is 1.35. The second kappa shape index (κ2) is 9.88. The summed E-state index contributed by atoms with van der Waals surface area (Å²) in [5, 5.41) is 7.19. The molecule has 0 aliphatic heterocycles. The van der Waals surface area contributed by atoms with Gasteiger partial charge in [0.25, 0.3) is 5.91 Å². The van der Waals surface area contributed by atoms with Crippen LogP contribution in [0.3, 0.4) is 0 Å². The number of benzene rings is 1. The zero-order valence-electron chi connectivity index (χ0n) is 16.2. The maximum atomic E-state index is 12.4. The standard InChI is InChI=1S/C21H21N3O4S/c1-14-6-3-4-7-16(14)11-23-19(25)12-27-21(26)18-8-5-9-22-20(18)29-13-17-10-15(2)28-24-17/h3-10H,11-13H2,1-2H3,(H,23,25). The van der Waals surface area contributed by atoms with Crippen LogP contribution in [-0.4, -0.2) is 28.6 Å². The molecule has 0 spiro atoms. The van der Waals surface area contributed by atoms with E-state index in [0.29, 0.717) is 22.9 Å². The zero-order chi connectivity index (χ0) is 20.6. The summed E-state index contributed by atoms with van der Waals surface area (Å²) in [5.74, 6) is 0.268. The monoisotopic (exact) mass is 411 g/mol. The van der Waals surface area contributed by atoms with E-state index in [9.17, 15) is 9.59 Å². The molecule has 0 saturated heterocycles. The van der Waals surface area contributed by atoms with Crippen LogP contribution in [0.4, 0.5) is 0 Å². The van der Waals surface area contributed by atoms with Gasteiger partial charge in [0.1, 0.15) is 10.8 Å². The summed E-state index contributed by atoms with van der Waals surface area (Å²) in [4.78, 5) is 28.7. The number of ether oxygens (including phenoxy) is 1. The van der Waals surface area contributed by atoms with Crippen LogP contribution < -0.4 is 5.32 Å². The largest absolute Gasteiger partial charge is 0.452 e. The number of carbonyl (C=O) groups excluding carboxylic acids is 2. The summed E-state index contributed by atoms with van der Waals surface area (Å²) in [6.45, 7) is 3.82. The minimum absolute atomic E-state index is 0.310. The highest BCUT2D eigenvalue weighted by Gasteiger charge is 2.16. The Hall–Kier alpha value is -3.13. The Morgan fingerprint density at radius 2 is 2.00 bits per heavy atom. The van der Waals surface area contributed by atoms with Crippen LogP contribution >= 0.6 is 11.8 Å². The summed E-state index contributed by atoms with van der Waals surface area (Å²) in [6, 6.07) is 12.9. The van der Waals surface area contributed by atoms with Gasteiger partial charge >= 0.3 is 5.97 Å². The Bertz CT molecular complexity index is 1000. The number of thioether (sulfide) groups is 1. The van der Waals surface area contributed by atoms with Crippen molar-refractivity contribution in [3.63, 3.8) is 0 Å². The average molecular weight is 411 g/mol. The molecule has 3 rings (SSSR count). The van der Waals surface area contributed by atoms with E-state index in [1.54, 1.807) is 18.3 Å². The fraction of sp³-hybridized carbons (Fsp3) is 0.238. The lowest BCUT2D eigenvalue weighted by Crippen LogP contribution is -2.28. The van der Waals surface area contributed by atoms with Crippen LogP contribution in [0.1, 0.15) is 32.9 Å². The molecule has 150 valence electrons. The van der Waals surface area contributed by atoms with Crippen molar-refractivity contribution in [3.05, 3.63) is 76.8 Å². The molecule has 0 aliphatic rings. The number of carbonyl (C=O) groups is 2. The number of hydrogen-bond acceptors (Lipinski definition) is 7. The number of pyridine rings is 1. The molecular weight excluding hydrogens is 390 g/mol. The lowest BCUT2D eigenvalue weighted by molar-refractivity contribution is -0.124. The fourth-order valence-electron chi connectivity index (χ4n) is 2.55. The number of nitrogens with one attached hydrogen (secondary N) is 1. The van der Waals surface area contributed by atoms with Crippen molar-refractivity contribution in [2.75, 3.05) is 6.61 Å². The molecule has 1 N–H and O–H groups in total. The van der Waals surface area contributed by atoms with Gasteiger partial charge in [-0.25, -0.2) is 9.78 Å². The first-order valence-electron chi connectivity index (χ1n) is 9.01. The molecule has 0 fully saturated rings. The molecule has 8 heteroatoms. The van der Waals surface area contributed by atoms with E-state index in [4.69, 9.17) is 9.26 Å². The van der Waals surface area contributed by atoms with Crippen molar-refractivity contribution in [1.29, 1.82) is 0 Å². The van der Waals surface area contributed by atoms with Crippen molar-refractivity contribution >= 4 is 23.6 Å². The maximum absolute atomic E-state index is 12.4. The van der Waals surface area contributed by atoms with Crippen LogP contribution in [0.15, 0.2) is 58.2 Å². The number of esters is 1. The lowest BCUT2D eigenvalue weighted by Gasteiger charge is -2.10. The van der Waals surface area contributed by atoms with Gasteiger partial charge in [-0.2, -0.15) is 0 Å². The maximum Gasteiger partial charge on any atom is 0.341 e. The second-order valence-corrected chi connectivity index (χ2v) is 7.32. The van der Waals surface area contributed by atoms with E-state index >= 15 is 0 Å². The highest BCUT2D eigenvalue weighted by atomic mass is 32.2. The third kappa shape index (κ3) is 5.92. The van der Waals surface area contributed by atoms with Crippen LogP contribution in [0, 0.1) is 13.8 Å². The average Bonchev–Trinajstić information content (AvgIpc) is 3.15. The summed E-state index contributed by atoms with van der Waals surface area (Å²) in [7, 11) is 0. The third-order valence-corrected chi connectivity index (χ3v) is 5.14. The van der Waals surface area contributed by atoms with Gasteiger partial charge in [-0.15, -0.1) is 0 Å². The van der Waals surface area contributed by atoms with Gasteiger partial charge in [0.15, 0.2) is 6.61 Å². The summed E-state index contributed by atoms with van der Waals surface area (Å²) < 4.78 is 10.2. The Labute approximate surface area is 172 Å². The lowest BCUT2D eigenvalue weighted by atomic mass is 10.1. The van der Waals surface area contributed by atoms with Gasteiger partial charge in [-0.1, -0.05) is 41.2 Å². The first-order valence-corrected chi connectivity index (χ1v) is 10.00. The Balaban J connectivity index is 1.52. The van der Waals surface area contributed by atoms with Gasteiger partial charge in [-0.05, 0) is 37.1 Å². The molecule has 0 unspecified atom stereocenters. The number of nitrogens with zero attached hydrogens (tertiary/aromatic N) is 2. The van der Waals surface area contributed by atoms with E-state index in [2.05, 4.69) is 15.5 Å². The predicted octanol–water partition coefficient (Wildman–Crippen LogP) is 3.45. The van der Waals surface area contributed by atoms with Crippen molar-refractivity contribution in [2.45, 2.75) is 31.2 Å². The molecule has 0 aliphatic carbocycles. The molecule has 7 nitrogen and oxygen atoms in total. The normalized spacial score (nSPS) is 10.6. The van der Waals surface area contributed by atoms with Crippen molar-refractivity contribution in [1.82, 2.24) is 15.5 Å². The van der Waals surface area contributed by atoms with Gasteiger partial charge in [-0.3, -0.25) is 4.79 Å². The number of aromatic nitrogens is 2. The fourth-order valence-corrected chi connectivity index (χ4v) is 3.41. The highest BCUT2D eigenvalue weighted by Crippen LogP contribution is 2.24. The molecule has 29 heavy (non-hydrogen) atoms. The molecule has 1 amide bonds. The number of rotatable bonds is 8. The quantitative estimate of drug-likeness (QED) is 0.448. The minimum Gasteiger partial charge on any atom is -0.452 e. The summed E-state index contributed by atoms with van der Waals surface area (Å²) in [5.41, 5.74) is 3.17. The van der Waals surface area contributed by atoms with E-state index in [0.717, 1.165) is 22.6 Å². The number of amides is 1. The van der Waals surface area contributed by atoms with Gasteiger partial charge in [0, 0.05) is 24.6 Å². The summed E-state index contributed by atoms with van der Waals surface area (Å²) in [6.07, 6.45) is 1.60. The molecule has 2 aromatic heterocycles. The third-order valence-electron chi connectivity index (χ3n) is 4.10. The Kier molecular flexibility index (Phi) is 7.02. The Morgan fingerprint density at radius 3 is 2.76 bits per heavy atom. The van der Waals surface area contributed by atoms with E-state index in [1.165, 1.54) is 11.8 Å². The molecule has 2 heterocycles. The smallest absolute Gasteiger partial charge is 0.341 e. The van der Waals surface area contributed by atoms with Gasteiger partial charge in [0.05, 0.1) is 11.3 Å². The van der Waals surface area contributed by atoms with Crippen LogP contribution in [0.2, 0.25) is 0 Å². The number of hydrogen-bond donors (Lipinski definition) is 1. The first kappa shape index (κ1) is 20.6. The predicted molar refractivity (Wildman–Crippen MR) is 108 cm³/mol. The Morgan fingerprint density at radius 1 is 1.17 bits per heavy atom. The number of aryl methyl sites for hydroxylation is 2. The molecule has 0 radical (unpaired) electrons. The molecule has 0 atom stereocenters. The van der Waals surface area contributed by atoms with Gasteiger partial charge in [0.2, 0.25) is 0 Å². The van der Waals surface area contributed by atoms with Crippen LogP contribution in [-0.2, 0) is 21.8 Å². The zero-order valence-corrected chi connectivity index (χ0v) is 17.0. The van der Waals surface area contributed by atoms with Crippen molar-refractivity contribution in [2.24, 2.45) is 0 Å². The van der Waals surface area contributed by atoms with Crippen LogP contribution in [0.5, 0.6) is 0 Å². The molecule has 0 bridgehead atoms. The highest BCUT2D eigenvalue weighted by molar-refractivity contribution is 7.98. The van der Waals surface area contributed by atoms with E-state index in [1.807, 2.05) is 44.2 Å². The van der Waals surface area contributed by atoms with Crippen molar-refractivity contribution < 1.29 is 18.8 Å². The molecular formula is C21H21N3O4S. The SMILES string of the molecule is Cc1cc(CSc2ncccc2C(=O)OCC(=O)NCc2ccccc2C)no1. The van der Waals surface area contributed by atoms with Crippen LogP contribution in [0.25, 0.3) is 0 Å². The first-order chi connectivity index (χ1) is 14.0. The topological polar surface area (TPSA) is 94.3 Å². The van der Waals surface area contributed by atoms with E-state index in [-0.39, 0.29) is 12.5 Å². The minimum atomic E-state index is -0.594. The molecule has 0 saturated carbocycles. The second-order valence-electron chi connectivity index (χ2n) is 6.35. The molecule has 3 aromatic rings. The van der Waals surface area contributed by atoms with E-state index < -0.39 is 5.97 Å². The van der Waals surface area contributed by atoms with Gasteiger partial charge < -0.3 is 14.6 Å². The molecule has 1 aromatic carbocycles. The van der Waals surface area contributed by atoms with Crippen molar-refractivity contribution in [3.8, 4) is 0 Å².